The third-order valence-corrected chi connectivity index (χ3v) is 4.46. The summed E-state index contributed by atoms with van der Waals surface area (Å²) in [5.74, 6) is -0.792. The van der Waals surface area contributed by atoms with Gasteiger partial charge in [0, 0.05) is 6.54 Å². The van der Waals surface area contributed by atoms with E-state index in [1.54, 1.807) is 20.8 Å². The summed E-state index contributed by atoms with van der Waals surface area (Å²) in [6.07, 6.45) is 4.36. The van der Waals surface area contributed by atoms with Gasteiger partial charge in [-0.15, -0.1) is 3.89 Å². The quantitative estimate of drug-likeness (QED) is 0.789. The van der Waals surface area contributed by atoms with Gasteiger partial charge < -0.3 is 10.1 Å². The molecule has 1 rings (SSSR count). The van der Waals surface area contributed by atoms with Crippen LogP contribution in [0.25, 0.3) is 0 Å². The van der Waals surface area contributed by atoms with Crippen molar-refractivity contribution in [3.05, 3.63) is 0 Å². The normalized spacial score (nSPS) is 19.0. The second kappa shape index (κ2) is 7.42. The second-order valence-corrected chi connectivity index (χ2v) is 8.16. The Labute approximate surface area is 126 Å². The van der Waals surface area contributed by atoms with Crippen LogP contribution < -0.4 is 5.32 Å². The SMILES string of the molecule is CC(C)(C)OC(=O)NCC(CS(=O)(=O)F)C1CCCCC1. The van der Waals surface area contributed by atoms with Crippen LogP contribution in [0.4, 0.5) is 8.68 Å². The number of nitrogens with one attached hydrogen (secondary N) is 1. The Hall–Kier alpha value is -0.850. The number of halogens is 1. The van der Waals surface area contributed by atoms with E-state index in [4.69, 9.17) is 4.74 Å². The lowest BCUT2D eigenvalue weighted by Gasteiger charge is -2.29. The van der Waals surface area contributed by atoms with Crippen LogP contribution in [0.3, 0.4) is 0 Å². The predicted octanol–water partition coefficient (Wildman–Crippen LogP) is 3.01. The topological polar surface area (TPSA) is 72.5 Å². The zero-order chi connectivity index (χ0) is 16.1. The molecule has 0 aromatic heterocycles. The molecule has 21 heavy (non-hydrogen) atoms. The van der Waals surface area contributed by atoms with Crippen molar-refractivity contribution in [2.75, 3.05) is 12.3 Å². The number of hydrogen-bond donors (Lipinski definition) is 1. The first-order valence-electron chi connectivity index (χ1n) is 7.46. The average Bonchev–Trinajstić information content (AvgIpc) is 2.32. The van der Waals surface area contributed by atoms with Gasteiger partial charge in [-0.1, -0.05) is 32.1 Å². The number of amides is 1. The molecule has 0 heterocycles. The summed E-state index contributed by atoms with van der Waals surface area (Å²) in [6.45, 7) is 5.37. The number of carbonyl (C=O) groups is 1. The Morgan fingerprint density at radius 3 is 2.33 bits per heavy atom. The summed E-state index contributed by atoms with van der Waals surface area (Å²) in [4.78, 5) is 11.6. The minimum atomic E-state index is -4.55. The van der Waals surface area contributed by atoms with Gasteiger partial charge in [0.05, 0.1) is 5.75 Å². The van der Waals surface area contributed by atoms with Crippen LogP contribution in [0, 0.1) is 11.8 Å². The van der Waals surface area contributed by atoms with Crippen molar-refractivity contribution in [1.82, 2.24) is 5.32 Å². The smallest absolute Gasteiger partial charge is 0.407 e. The first-order valence-corrected chi connectivity index (χ1v) is 9.01. The molecule has 1 saturated carbocycles. The molecule has 0 radical (unpaired) electrons. The Morgan fingerprint density at radius 2 is 1.86 bits per heavy atom. The Balaban J connectivity index is 2.58. The van der Waals surface area contributed by atoms with Crippen molar-refractivity contribution in [3.63, 3.8) is 0 Å². The van der Waals surface area contributed by atoms with E-state index in [0.29, 0.717) is 0 Å². The maximum Gasteiger partial charge on any atom is 0.407 e. The lowest BCUT2D eigenvalue weighted by molar-refractivity contribution is 0.0512. The summed E-state index contributed by atoms with van der Waals surface area (Å²) in [7, 11) is -4.55. The van der Waals surface area contributed by atoms with Gasteiger partial charge in [0.15, 0.2) is 0 Å². The first-order chi connectivity index (χ1) is 9.57. The van der Waals surface area contributed by atoms with Gasteiger partial charge in [0.2, 0.25) is 0 Å². The van der Waals surface area contributed by atoms with Crippen LogP contribution in [0.2, 0.25) is 0 Å². The molecule has 1 aliphatic carbocycles. The summed E-state index contributed by atoms with van der Waals surface area (Å²) in [6, 6.07) is 0. The molecule has 1 atom stereocenters. The van der Waals surface area contributed by atoms with E-state index in [9.17, 15) is 17.1 Å². The molecule has 0 aromatic carbocycles. The van der Waals surface area contributed by atoms with Gasteiger partial charge in [-0.3, -0.25) is 0 Å². The molecular weight excluding hydrogens is 297 g/mol. The van der Waals surface area contributed by atoms with Crippen LogP contribution in [0.15, 0.2) is 0 Å². The van der Waals surface area contributed by atoms with Crippen LogP contribution in [0.5, 0.6) is 0 Å². The van der Waals surface area contributed by atoms with Crippen LogP contribution >= 0.6 is 0 Å². The minimum Gasteiger partial charge on any atom is -0.444 e. The molecular formula is C14H26FNO4S. The van der Waals surface area contributed by atoms with E-state index < -0.39 is 33.6 Å². The second-order valence-electron chi connectivity index (χ2n) is 6.75. The van der Waals surface area contributed by atoms with Crippen LogP contribution in [-0.4, -0.2) is 32.4 Å². The molecule has 1 N–H and O–H groups in total. The zero-order valence-electron chi connectivity index (χ0n) is 13.0. The fourth-order valence-electron chi connectivity index (χ4n) is 2.75. The Bertz CT molecular complexity index is 438. The van der Waals surface area contributed by atoms with Crippen molar-refractivity contribution in [3.8, 4) is 0 Å². The van der Waals surface area contributed by atoms with Crippen LogP contribution in [-0.2, 0) is 15.0 Å². The van der Waals surface area contributed by atoms with Crippen molar-refractivity contribution in [1.29, 1.82) is 0 Å². The molecule has 0 spiro atoms. The van der Waals surface area contributed by atoms with Crippen molar-refractivity contribution < 1.29 is 21.8 Å². The third-order valence-electron chi connectivity index (χ3n) is 3.64. The Kier molecular flexibility index (Phi) is 6.43. The van der Waals surface area contributed by atoms with Crippen molar-refractivity contribution in [2.24, 2.45) is 11.8 Å². The molecule has 1 amide bonds. The minimum absolute atomic E-state index is 0.128. The summed E-state index contributed by atoms with van der Waals surface area (Å²) >= 11 is 0. The number of carbonyl (C=O) groups excluding carboxylic acids is 1. The van der Waals surface area contributed by atoms with E-state index >= 15 is 0 Å². The van der Waals surface area contributed by atoms with E-state index in [1.807, 2.05) is 0 Å². The summed E-state index contributed by atoms with van der Waals surface area (Å²) < 4.78 is 40.0. The molecule has 124 valence electrons. The van der Waals surface area contributed by atoms with Gasteiger partial charge in [-0.2, -0.15) is 8.42 Å². The van der Waals surface area contributed by atoms with Crippen LogP contribution in [0.1, 0.15) is 52.9 Å². The lowest BCUT2D eigenvalue weighted by Crippen LogP contribution is -2.39. The number of alkyl carbamates (subject to hydrolysis) is 1. The molecule has 5 nitrogen and oxygen atoms in total. The van der Waals surface area contributed by atoms with Gasteiger partial charge in [0.25, 0.3) is 0 Å². The van der Waals surface area contributed by atoms with Crippen molar-refractivity contribution >= 4 is 16.3 Å². The molecule has 7 heteroatoms. The first kappa shape index (κ1) is 18.2. The highest BCUT2D eigenvalue weighted by Crippen LogP contribution is 2.30. The highest BCUT2D eigenvalue weighted by Gasteiger charge is 2.29. The molecule has 1 aliphatic rings. The highest BCUT2D eigenvalue weighted by atomic mass is 32.3. The molecule has 0 bridgehead atoms. The molecule has 0 saturated heterocycles. The lowest BCUT2D eigenvalue weighted by atomic mass is 9.81. The maximum absolute atomic E-state index is 13.0. The maximum atomic E-state index is 13.0. The number of ether oxygens (including phenoxy) is 1. The molecule has 1 fully saturated rings. The number of rotatable bonds is 5. The van der Waals surface area contributed by atoms with E-state index in [0.717, 1.165) is 32.1 Å². The van der Waals surface area contributed by atoms with Gasteiger partial charge in [-0.25, -0.2) is 4.79 Å². The highest BCUT2D eigenvalue weighted by molar-refractivity contribution is 7.86. The van der Waals surface area contributed by atoms with Gasteiger partial charge in [0.1, 0.15) is 5.60 Å². The van der Waals surface area contributed by atoms with Crippen molar-refractivity contribution in [2.45, 2.75) is 58.5 Å². The fraction of sp³-hybridized carbons (Fsp3) is 0.929. The fourth-order valence-corrected chi connectivity index (χ4v) is 3.65. The monoisotopic (exact) mass is 323 g/mol. The molecule has 1 unspecified atom stereocenters. The van der Waals surface area contributed by atoms with E-state index in [1.165, 1.54) is 0 Å². The third kappa shape index (κ3) is 8.24. The summed E-state index contributed by atoms with van der Waals surface area (Å²) in [5, 5.41) is 2.57. The average molecular weight is 323 g/mol. The molecule has 0 aromatic rings. The zero-order valence-corrected chi connectivity index (χ0v) is 13.8. The van der Waals surface area contributed by atoms with E-state index in [2.05, 4.69) is 5.32 Å². The van der Waals surface area contributed by atoms with Gasteiger partial charge >= 0.3 is 16.3 Å². The van der Waals surface area contributed by atoms with E-state index in [-0.39, 0.29) is 12.5 Å². The standard InChI is InChI=1S/C14H26FNO4S/c1-14(2,3)20-13(17)16-9-12(10-21(15,18)19)11-7-5-4-6-8-11/h11-12H,4-10H2,1-3H3,(H,16,17). The number of hydrogen-bond acceptors (Lipinski definition) is 4. The largest absolute Gasteiger partial charge is 0.444 e. The predicted molar refractivity (Wildman–Crippen MR) is 79.2 cm³/mol. The summed E-state index contributed by atoms with van der Waals surface area (Å²) in [5.41, 5.74) is -0.614. The van der Waals surface area contributed by atoms with Gasteiger partial charge in [-0.05, 0) is 32.6 Å². The Morgan fingerprint density at radius 1 is 1.29 bits per heavy atom. The molecule has 0 aliphatic heterocycles.